The number of aryl methyl sites for hydroxylation is 4. The summed E-state index contributed by atoms with van der Waals surface area (Å²) in [6.07, 6.45) is 8.11. The minimum absolute atomic E-state index is 0.392. The second-order valence-electron chi connectivity index (χ2n) is 8.62. The number of rotatable bonds is 9. The van der Waals surface area contributed by atoms with Crippen LogP contribution in [0.1, 0.15) is 61.3 Å². The van der Waals surface area contributed by atoms with Gasteiger partial charge in [-0.25, -0.2) is 0 Å². The molecule has 0 bridgehead atoms. The van der Waals surface area contributed by atoms with Gasteiger partial charge in [-0.1, -0.05) is 73.7 Å². The van der Waals surface area contributed by atoms with Gasteiger partial charge in [-0.05, 0) is 99.7 Å². The van der Waals surface area contributed by atoms with E-state index in [1.165, 1.54) is 35.1 Å². The van der Waals surface area contributed by atoms with Crippen LogP contribution in [0.3, 0.4) is 0 Å². The van der Waals surface area contributed by atoms with Crippen molar-refractivity contribution in [2.24, 2.45) is 11.5 Å². The molecule has 0 fully saturated rings. The Hall–Kier alpha value is -2.62. The van der Waals surface area contributed by atoms with Crippen LogP contribution in [0.15, 0.2) is 78.9 Å². The molecule has 3 heteroatoms. The lowest BCUT2D eigenvalue weighted by Crippen LogP contribution is -2.18. The Labute approximate surface area is 202 Å². The van der Waals surface area contributed by atoms with Gasteiger partial charge in [-0.3, -0.25) is 0 Å². The predicted molar refractivity (Wildman–Crippen MR) is 146 cm³/mol. The molecule has 0 spiro atoms. The van der Waals surface area contributed by atoms with Crippen molar-refractivity contribution in [3.8, 4) is 0 Å². The Kier molecular flexibility index (Phi) is 15.4. The molecule has 0 aliphatic rings. The number of unbranched alkanes of at least 4 members (excludes halogenated alkanes) is 1. The molecule has 0 saturated carbocycles. The highest BCUT2D eigenvalue weighted by Gasteiger charge is 1.98. The second kappa shape index (κ2) is 17.9. The molecule has 0 aliphatic heterocycles. The van der Waals surface area contributed by atoms with Crippen LogP contribution < -0.4 is 17.2 Å². The normalized spacial score (nSPS) is 10.9. The largest absolute Gasteiger partial charge is 0.399 e. The van der Waals surface area contributed by atoms with E-state index in [0.717, 1.165) is 44.3 Å². The lowest BCUT2D eigenvalue weighted by atomic mass is 10.0. The lowest BCUT2D eigenvalue weighted by molar-refractivity contribution is 0.568. The van der Waals surface area contributed by atoms with Gasteiger partial charge in [0.15, 0.2) is 0 Å². The van der Waals surface area contributed by atoms with Gasteiger partial charge in [0, 0.05) is 11.7 Å². The molecule has 0 radical (unpaired) electrons. The van der Waals surface area contributed by atoms with Crippen LogP contribution in [0.25, 0.3) is 0 Å². The molecular weight excluding hydrogens is 402 g/mol. The first-order valence-electron chi connectivity index (χ1n) is 12.3. The van der Waals surface area contributed by atoms with Gasteiger partial charge >= 0.3 is 0 Å². The standard InChI is InChI=1S/C12H19N.C10H15N.C8H11N/c1-2-12(13)10-6-9-11-7-4-3-5-8-11;11-9-5-4-8-10-6-2-1-3-7-10;1-6-3-4-8(9)5-7(6)2/h3-5,7-8,12H,2,6,9-10,13H2,1H3;1-3,6-7H,4-5,8-9,11H2;3-5H,9H2,1-2H3. The van der Waals surface area contributed by atoms with Gasteiger partial charge in [-0.15, -0.1) is 0 Å². The molecule has 0 saturated heterocycles. The van der Waals surface area contributed by atoms with Crippen molar-refractivity contribution in [3.63, 3.8) is 0 Å². The third-order valence-corrected chi connectivity index (χ3v) is 5.70. The van der Waals surface area contributed by atoms with Gasteiger partial charge in [0.25, 0.3) is 0 Å². The maximum absolute atomic E-state index is 5.84. The van der Waals surface area contributed by atoms with Crippen molar-refractivity contribution >= 4 is 5.69 Å². The van der Waals surface area contributed by atoms with Crippen LogP contribution in [0.4, 0.5) is 5.69 Å². The summed E-state index contributed by atoms with van der Waals surface area (Å²) in [6, 6.07) is 27.5. The van der Waals surface area contributed by atoms with Gasteiger partial charge in [0.1, 0.15) is 0 Å². The van der Waals surface area contributed by atoms with Crippen molar-refractivity contribution in [3.05, 3.63) is 101 Å². The number of nitrogen functional groups attached to an aromatic ring is 1. The Morgan fingerprint density at radius 2 is 1.24 bits per heavy atom. The summed E-state index contributed by atoms with van der Waals surface area (Å²) >= 11 is 0. The Morgan fingerprint density at radius 3 is 1.70 bits per heavy atom. The van der Waals surface area contributed by atoms with E-state index in [4.69, 9.17) is 17.2 Å². The van der Waals surface area contributed by atoms with Crippen molar-refractivity contribution in [1.82, 2.24) is 0 Å². The Morgan fingerprint density at radius 1 is 0.697 bits per heavy atom. The van der Waals surface area contributed by atoms with Crippen LogP contribution in [0.2, 0.25) is 0 Å². The minimum Gasteiger partial charge on any atom is -0.399 e. The van der Waals surface area contributed by atoms with Crippen LogP contribution in [0.5, 0.6) is 0 Å². The summed E-state index contributed by atoms with van der Waals surface area (Å²) < 4.78 is 0. The summed E-state index contributed by atoms with van der Waals surface area (Å²) in [5, 5.41) is 0. The zero-order valence-corrected chi connectivity index (χ0v) is 21.0. The average Bonchev–Trinajstić information content (AvgIpc) is 2.84. The minimum atomic E-state index is 0.392. The Bertz CT molecular complexity index is 847. The van der Waals surface area contributed by atoms with Crippen molar-refractivity contribution < 1.29 is 0 Å². The first kappa shape index (κ1) is 28.4. The topological polar surface area (TPSA) is 78.1 Å². The fourth-order valence-corrected chi connectivity index (χ4v) is 3.30. The lowest BCUT2D eigenvalue weighted by Gasteiger charge is -2.07. The monoisotopic (exact) mass is 447 g/mol. The van der Waals surface area contributed by atoms with Crippen LogP contribution in [-0.4, -0.2) is 12.6 Å². The number of nitrogens with two attached hydrogens (primary N) is 3. The molecule has 0 amide bonds. The maximum Gasteiger partial charge on any atom is 0.0316 e. The summed E-state index contributed by atoms with van der Waals surface area (Å²) in [7, 11) is 0. The number of anilines is 1. The third kappa shape index (κ3) is 14.2. The molecule has 3 aromatic rings. The highest BCUT2D eigenvalue weighted by molar-refractivity contribution is 5.43. The summed E-state index contributed by atoms with van der Waals surface area (Å²) in [5.41, 5.74) is 23.0. The SMILES string of the molecule is CCC(N)CCCc1ccccc1.Cc1ccc(N)cc1C.NCCCCc1ccccc1. The fraction of sp³-hybridized carbons (Fsp3) is 0.400. The van der Waals surface area contributed by atoms with Crippen molar-refractivity contribution in [1.29, 1.82) is 0 Å². The molecule has 180 valence electrons. The molecular formula is C30H45N3. The first-order chi connectivity index (χ1) is 16.0. The number of hydrogen-bond donors (Lipinski definition) is 3. The highest BCUT2D eigenvalue weighted by Crippen LogP contribution is 2.10. The van der Waals surface area contributed by atoms with Gasteiger partial charge in [0.2, 0.25) is 0 Å². The van der Waals surface area contributed by atoms with Gasteiger partial charge in [-0.2, -0.15) is 0 Å². The van der Waals surface area contributed by atoms with E-state index in [1.54, 1.807) is 0 Å². The number of hydrogen-bond acceptors (Lipinski definition) is 3. The van der Waals surface area contributed by atoms with Crippen molar-refractivity contribution in [2.75, 3.05) is 12.3 Å². The molecule has 1 atom stereocenters. The van der Waals surface area contributed by atoms with Crippen LogP contribution >= 0.6 is 0 Å². The van der Waals surface area contributed by atoms with E-state index < -0.39 is 0 Å². The van der Waals surface area contributed by atoms with E-state index >= 15 is 0 Å². The van der Waals surface area contributed by atoms with Crippen LogP contribution in [-0.2, 0) is 12.8 Å². The molecule has 1 unspecified atom stereocenters. The Balaban J connectivity index is 0.000000252. The number of benzene rings is 3. The summed E-state index contributed by atoms with van der Waals surface area (Å²) in [6.45, 7) is 7.10. The highest BCUT2D eigenvalue weighted by atomic mass is 14.6. The van der Waals surface area contributed by atoms with E-state index in [9.17, 15) is 0 Å². The molecule has 33 heavy (non-hydrogen) atoms. The van der Waals surface area contributed by atoms with E-state index in [1.807, 2.05) is 24.3 Å². The molecule has 3 nitrogen and oxygen atoms in total. The zero-order valence-electron chi connectivity index (χ0n) is 21.0. The predicted octanol–water partition coefficient (Wildman–Crippen LogP) is 6.60. The first-order valence-corrected chi connectivity index (χ1v) is 12.3. The van der Waals surface area contributed by atoms with Gasteiger partial charge in [0.05, 0.1) is 0 Å². The molecule has 6 N–H and O–H groups in total. The molecule has 3 rings (SSSR count). The molecule has 3 aromatic carbocycles. The summed E-state index contributed by atoms with van der Waals surface area (Å²) in [4.78, 5) is 0. The average molecular weight is 448 g/mol. The maximum atomic E-state index is 5.84. The second-order valence-corrected chi connectivity index (χ2v) is 8.62. The fourth-order valence-electron chi connectivity index (χ4n) is 3.30. The summed E-state index contributed by atoms with van der Waals surface area (Å²) in [5.74, 6) is 0. The molecule has 0 heterocycles. The van der Waals surface area contributed by atoms with Gasteiger partial charge < -0.3 is 17.2 Å². The van der Waals surface area contributed by atoms with Crippen LogP contribution in [0, 0.1) is 13.8 Å². The van der Waals surface area contributed by atoms with Crippen molar-refractivity contribution in [2.45, 2.75) is 71.8 Å². The zero-order chi connectivity index (χ0) is 24.3. The molecule has 0 aromatic heterocycles. The van der Waals surface area contributed by atoms with E-state index in [0.29, 0.717) is 6.04 Å². The van der Waals surface area contributed by atoms with E-state index in [2.05, 4.69) is 75.4 Å². The molecule has 0 aliphatic carbocycles. The third-order valence-electron chi connectivity index (χ3n) is 5.70. The van der Waals surface area contributed by atoms with E-state index in [-0.39, 0.29) is 0 Å². The quantitative estimate of drug-likeness (QED) is 0.255. The smallest absolute Gasteiger partial charge is 0.0316 e.